The number of nitrogens with one attached hydrogen (secondary N) is 2. The topological polar surface area (TPSA) is 84.2 Å². The zero-order chi connectivity index (χ0) is 13.4. The van der Waals surface area contributed by atoms with Crippen molar-refractivity contribution in [3.05, 3.63) is 30.1 Å². The van der Waals surface area contributed by atoms with E-state index in [9.17, 15) is 14.0 Å². The fourth-order valence-electron chi connectivity index (χ4n) is 1.33. The molecule has 0 atom stereocenters. The Hall–Kier alpha value is -1.95. The molecule has 0 saturated heterocycles. The zero-order valence-electron chi connectivity index (χ0n) is 9.91. The molecule has 0 unspecified atom stereocenters. The lowest BCUT2D eigenvalue weighted by Gasteiger charge is -2.06. The van der Waals surface area contributed by atoms with Crippen molar-refractivity contribution in [1.29, 1.82) is 0 Å². The first-order chi connectivity index (χ1) is 8.58. The van der Waals surface area contributed by atoms with E-state index in [1.807, 2.05) is 0 Å². The summed E-state index contributed by atoms with van der Waals surface area (Å²) in [5.74, 6) is -0.925. The molecule has 0 aliphatic carbocycles. The number of primary amides is 1. The summed E-state index contributed by atoms with van der Waals surface area (Å²) < 4.78 is 12.6. The van der Waals surface area contributed by atoms with E-state index < -0.39 is 0 Å². The minimum atomic E-state index is -0.354. The van der Waals surface area contributed by atoms with Gasteiger partial charge in [0.2, 0.25) is 11.8 Å². The van der Waals surface area contributed by atoms with Gasteiger partial charge in [0, 0.05) is 12.1 Å². The molecule has 0 spiro atoms. The molecule has 0 aliphatic heterocycles. The van der Waals surface area contributed by atoms with E-state index in [-0.39, 0.29) is 24.2 Å². The van der Waals surface area contributed by atoms with Gasteiger partial charge in [-0.25, -0.2) is 4.39 Å². The summed E-state index contributed by atoms with van der Waals surface area (Å²) in [6.45, 7) is 0.677. The van der Waals surface area contributed by atoms with Crippen molar-refractivity contribution in [3.63, 3.8) is 0 Å². The molecule has 4 N–H and O–H groups in total. The first kappa shape index (κ1) is 14.1. The molecule has 6 heteroatoms. The van der Waals surface area contributed by atoms with Gasteiger partial charge in [-0.05, 0) is 37.2 Å². The lowest BCUT2D eigenvalue weighted by molar-refractivity contribution is -0.118. The smallest absolute Gasteiger partial charge is 0.238 e. The van der Waals surface area contributed by atoms with Crippen LogP contribution in [0.2, 0.25) is 0 Å². The van der Waals surface area contributed by atoms with Gasteiger partial charge in [0.05, 0.1) is 6.54 Å². The fraction of sp³-hybridized carbons (Fsp3) is 0.333. The van der Waals surface area contributed by atoms with Crippen LogP contribution in [0.25, 0.3) is 0 Å². The van der Waals surface area contributed by atoms with Gasteiger partial charge in [-0.1, -0.05) is 0 Å². The predicted molar refractivity (Wildman–Crippen MR) is 66.3 cm³/mol. The number of benzene rings is 1. The Balaban J connectivity index is 2.17. The number of anilines is 1. The lowest BCUT2D eigenvalue weighted by Crippen LogP contribution is -2.29. The Kier molecular flexibility index (Phi) is 5.79. The van der Waals surface area contributed by atoms with E-state index >= 15 is 0 Å². The summed E-state index contributed by atoms with van der Waals surface area (Å²) in [4.78, 5) is 21.9. The molecule has 5 nitrogen and oxygen atoms in total. The van der Waals surface area contributed by atoms with Crippen molar-refractivity contribution in [3.8, 4) is 0 Å². The molecule has 0 aromatic heterocycles. The summed E-state index contributed by atoms with van der Waals surface area (Å²) in [7, 11) is 0. The van der Waals surface area contributed by atoms with Gasteiger partial charge < -0.3 is 16.4 Å². The van der Waals surface area contributed by atoms with E-state index in [0.29, 0.717) is 25.1 Å². The molecule has 18 heavy (non-hydrogen) atoms. The maximum Gasteiger partial charge on any atom is 0.238 e. The number of hydrogen-bond acceptors (Lipinski definition) is 3. The molecule has 2 amide bonds. The quantitative estimate of drug-likeness (QED) is 0.623. The highest BCUT2D eigenvalue weighted by Crippen LogP contribution is 2.07. The third kappa shape index (κ3) is 5.95. The average molecular weight is 253 g/mol. The Labute approximate surface area is 105 Å². The van der Waals surface area contributed by atoms with E-state index in [1.165, 1.54) is 24.3 Å². The van der Waals surface area contributed by atoms with Crippen molar-refractivity contribution in [1.82, 2.24) is 5.32 Å². The second kappa shape index (κ2) is 7.39. The largest absolute Gasteiger partial charge is 0.370 e. The van der Waals surface area contributed by atoms with E-state index in [2.05, 4.69) is 10.6 Å². The molecule has 0 aliphatic rings. The number of carbonyl (C=O) groups is 2. The maximum absolute atomic E-state index is 12.6. The molecule has 1 rings (SSSR count). The second-order valence-electron chi connectivity index (χ2n) is 3.80. The highest BCUT2D eigenvalue weighted by Gasteiger charge is 2.02. The monoisotopic (exact) mass is 253 g/mol. The van der Waals surface area contributed by atoms with Crippen LogP contribution in [0.4, 0.5) is 10.1 Å². The second-order valence-corrected chi connectivity index (χ2v) is 3.80. The Bertz CT molecular complexity index is 406. The van der Waals surface area contributed by atoms with Crippen LogP contribution < -0.4 is 16.4 Å². The van der Waals surface area contributed by atoms with Gasteiger partial charge in [0.15, 0.2) is 0 Å². The van der Waals surface area contributed by atoms with Crippen LogP contribution in [0, 0.1) is 5.82 Å². The van der Waals surface area contributed by atoms with Crippen molar-refractivity contribution in [2.45, 2.75) is 12.8 Å². The standard InChI is InChI=1S/C12H16FN3O2/c13-9-3-5-10(6-4-9)16-12(18)8-15-7-1-2-11(14)17/h3-6,15H,1-2,7-8H2,(H2,14,17)(H,16,18). The lowest BCUT2D eigenvalue weighted by atomic mass is 10.3. The highest BCUT2D eigenvalue weighted by atomic mass is 19.1. The van der Waals surface area contributed by atoms with Gasteiger partial charge >= 0.3 is 0 Å². The van der Waals surface area contributed by atoms with E-state index in [4.69, 9.17) is 5.73 Å². The number of hydrogen-bond donors (Lipinski definition) is 3. The van der Waals surface area contributed by atoms with Crippen LogP contribution in [0.5, 0.6) is 0 Å². The van der Waals surface area contributed by atoms with Crippen molar-refractivity contribution < 1.29 is 14.0 Å². The first-order valence-corrected chi connectivity index (χ1v) is 5.62. The first-order valence-electron chi connectivity index (χ1n) is 5.62. The molecule has 1 aromatic rings. The molecule has 0 bridgehead atoms. The van der Waals surface area contributed by atoms with Gasteiger partial charge in [0.1, 0.15) is 5.82 Å². The predicted octanol–water partition coefficient (Wildman–Crippen LogP) is 0.619. The molecule has 0 radical (unpaired) electrons. The number of rotatable bonds is 7. The van der Waals surface area contributed by atoms with E-state index in [0.717, 1.165) is 0 Å². The zero-order valence-corrected chi connectivity index (χ0v) is 9.91. The molecule has 0 fully saturated rings. The maximum atomic E-state index is 12.6. The minimum absolute atomic E-state index is 0.135. The highest BCUT2D eigenvalue weighted by molar-refractivity contribution is 5.92. The van der Waals surface area contributed by atoms with Gasteiger partial charge in [-0.3, -0.25) is 9.59 Å². The van der Waals surface area contributed by atoms with Crippen LogP contribution in [0.15, 0.2) is 24.3 Å². The van der Waals surface area contributed by atoms with Crippen LogP contribution in [0.3, 0.4) is 0 Å². The normalized spacial score (nSPS) is 10.1. The molecule has 1 aromatic carbocycles. The number of halogens is 1. The van der Waals surface area contributed by atoms with Crippen LogP contribution in [0.1, 0.15) is 12.8 Å². The van der Waals surface area contributed by atoms with Gasteiger partial charge in [0.25, 0.3) is 0 Å². The summed E-state index contributed by atoms with van der Waals surface area (Å²) in [5, 5.41) is 5.49. The molecule has 0 heterocycles. The van der Waals surface area contributed by atoms with Crippen LogP contribution in [-0.2, 0) is 9.59 Å². The average Bonchev–Trinajstić information content (AvgIpc) is 2.31. The van der Waals surface area contributed by atoms with Gasteiger partial charge in [-0.15, -0.1) is 0 Å². The summed E-state index contributed by atoms with van der Waals surface area (Å²) >= 11 is 0. The van der Waals surface area contributed by atoms with E-state index in [1.54, 1.807) is 0 Å². The molecular formula is C12H16FN3O2. The van der Waals surface area contributed by atoms with Crippen molar-refractivity contribution >= 4 is 17.5 Å². The Morgan fingerprint density at radius 3 is 2.50 bits per heavy atom. The van der Waals surface area contributed by atoms with Crippen molar-refractivity contribution in [2.75, 3.05) is 18.4 Å². The summed E-state index contributed by atoms with van der Waals surface area (Å²) in [6.07, 6.45) is 0.895. The fourth-order valence-corrected chi connectivity index (χ4v) is 1.33. The molecule has 0 saturated carbocycles. The summed E-state index contributed by atoms with van der Waals surface area (Å²) in [6, 6.07) is 5.52. The Morgan fingerprint density at radius 1 is 1.22 bits per heavy atom. The third-order valence-corrected chi connectivity index (χ3v) is 2.19. The molecule has 98 valence electrons. The summed E-state index contributed by atoms with van der Waals surface area (Å²) in [5.41, 5.74) is 5.51. The third-order valence-electron chi connectivity index (χ3n) is 2.19. The van der Waals surface area contributed by atoms with Crippen LogP contribution >= 0.6 is 0 Å². The van der Waals surface area contributed by atoms with Crippen molar-refractivity contribution in [2.24, 2.45) is 5.73 Å². The molecular weight excluding hydrogens is 237 g/mol. The number of nitrogens with two attached hydrogens (primary N) is 1. The Morgan fingerprint density at radius 2 is 1.89 bits per heavy atom. The minimum Gasteiger partial charge on any atom is -0.370 e. The van der Waals surface area contributed by atoms with Crippen LogP contribution in [-0.4, -0.2) is 24.9 Å². The number of amides is 2. The SMILES string of the molecule is NC(=O)CCCNCC(=O)Nc1ccc(F)cc1. The number of carbonyl (C=O) groups excluding carboxylic acids is 2. The van der Waals surface area contributed by atoms with Gasteiger partial charge in [-0.2, -0.15) is 0 Å².